The van der Waals surface area contributed by atoms with E-state index in [-0.39, 0.29) is 6.04 Å². The number of rotatable bonds is 3. The zero-order chi connectivity index (χ0) is 9.97. The number of imidazole rings is 1. The van der Waals surface area contributed by atoms with E-state index in [2.05, 4.69) is 29.0 Å². The van der Waals surface area contributed by atoms with Gasteiger partial charge < -0.3 is 10.7 Å². The molecule has 1 unspecified atom stereocenters. The molecule has 14 heavy (non-hydrogen) atoms. The van der Waals surface area contributed by atoms with Crippen LogP contribution in [0.1, 0.15) is 21.6 Å². The molecule has 0 saturated carbocycles. The van der Waals surface area contributed by atoms with Gasteiger partial charge >= 0.3 is 0 Å². The highest BCUT2D eigenvalue weighted by atomic mass is 32.1. The van der Waals surface area contributed by atoms with E-state index in [4.69, 9.17) is 5.73 Å². The molecule has 4 heteroatoms. The molecule has 2 aromatic heterocycles. The summed E-state index contributed by atoms with van der Waals surface area (Å²) in [5, 5.41) is 0. The van der Waals surface area contributed by atoms with Gasteiger partial charge in [-0.25, -0.2) is 4.98 Å². The Morgan fingerprint density at radius 3 is 3.00 bits per heavy atom. The number of thiophene rings is 1. The lowest BCUT2D eigenvalue weighted by Crippen LogP contribution is -2.12. The molecule has 0 fully saturated rings. The van der Waals surface area contributed by atoms with Crippen molar-refractivity contribution in [1.29, 1.82) is 0 Å². The Hall–Kier alpha value is -1.13. The molecule has 74 valence electrons. The Labute approximate surface area is 87.0 Å². The molecule has 3 nitrogen and oxygen atoms in total. The summed E-state index contributed by atoms with van der Waals surface area (Å²) in [5.74, 6) is 0.948. The molecule has 1 atom stereocenters. The van der Waals surface area contributed by atoms with E-state index in [0.717, 1.165) is 12.2 Å². The van der Waals surface area contributed by atoms with Gasteiger partial charge in [0.05, 0.1) is 0 Å². The van der Waals surface area contributed by atoms with Crippen LogP contribution in [-0.4, -0.2) is 9.97 Å². The lowest BCUT2D eigenvalue weighted by atomic mass is 10.2. The van der Waals surface area contributed by atoms with E-state index in [1.54, 1.807) is 17.5 Å². The number of aromatic nitrogens is 2. The smallest absolute Gasteiger partial charge is 0.107 e. The van der Waals surface area contributed by atoms with Gasteiger partial charge in [-0.3, -0.25) is 0 Å². The maximum atomic E-state index is 6.05. The summed E-state index contributed by atoms with van der Waals surface area (Å²) >= 11 is 1.75. The van der Waals surface area contributed by atoms with Crippen LogP contribution in [0.5, 0.6) is 0 Å². The number of aromatic amines is 1. The van der Waals surface area contributed by atoms with Gasteiger partial charge in [0, 0.05) is 34.6 Å². The van der Waals surface area contributed by atoms with Crippen molar-refractivity contribution in [3.8, 4) is 0 Å². The topological polar surface area (TPSA) is 54.7 Å². The van der Waals surface area contributed by atoms with Crippen LogP contribution >= 0.6 is 11.3 Å². The summed E-state index contributed by atoms with van der Waals surface area (Å²) in [7, 11) is 0. The highest BCUT2D eigenvalue weighted by molar-refractivity contribution is 7.12. The molecule has 2 heterocycles. The monoisotopic (exact) mass is 207 g/mol. The van der Waals surface area contributed by atoms with Crippen LogP contribution in [0.25, 0.3) is 0 Å². The Balaban J connectivity index is 2.06. The first-order valence-electron chi connectivity index (χ1n) is 4.56. The van der Waals surface area contributed by atoms with Crippen LogP contribution in [0, 0.1) is 6.92 Å². The van der Waals surface area contributed by atoms with Gasteiger partial charge in [-0.05, 0) is 19.1 Å². The molecule has 0 spiro atoms. The molecule has 0 aromatic carbocycles. The molecule has 2 aromatic rings. The molecular weight excluding hydrogens is 194 g/mol. The molecule has 0 aliphatic rings. The van der Waals surface area contributed by atoms with Gasteiger partial charge in [0.25, 0.3) is 0 Å². The van der Waals surface area contributed by atoms with E-state index in [9.17, 15) is 0 Å². The zero-order valence-corrected chi connectivity index (χ0v) is 8.84. The van der Waals surface area contributed by atoms with Crippen molar-refractivity contribution in [3.63, 3.8) is 0 Å². The summed E-state index contributed by atoms with van der Waals surface area (Å²) in [4.78, 5) is 9.74. The molecule has 2 rings (SSSR count). The lowest BCUT2D eigenvalue weighted by Gasteiger charge is -2.06. The fourth-order valence-corrected chi connectivity index (χ4v) is 2.25. The van der Waals surface area contributed by atoms with E-state index in [0.29, 0.717) is 0 Å². The van der Waals surface area contributed by atoms with Crippen molar-refractivity contribution in [1.82, 2.24) is 9.97 Å². The van der Waals surface area contributed by atoms with Crippen LogP contribution in [0.2, 0.25) is 0 Å². The van der Waals surface area contributed by atoms with E-state index in [1.807, 2.05) is 6.20 Å². The number of hydrogen-bond acceptors (Lipinski definition) is 3. The molecule has 0 radical (unpaired) electrons. The minimum atomic E-state index is 0.0554. The molecular formula is C10H13N3S. The predicted molar refractivity (Wildman–Crippen MR) is 58.3 cm³/mol. The molecule has 0 saturated heterocycles. The van der Waals surface area contributed by atoms with Crippen molar-refractivity contribution >= 4 is 11.3 Å². The van der Waals surface area contributed by atoms with Crippen molar-refractivity contribution in [3.05, 3.63) is 40.1 Å². The van der Waals surface area contributed by atoms with Crippen LogP contribution in [0.4, 0.5) is 0 Å². The van der Waals surface area contributed by atoms with Gasteiger partial charge in [-0.15, -0.1) is 11.3 Å². The van der Waals surface area contributed by atoms with Crippen molar-refractivity contribution in [2.45, 2.75) is 19.4 Å². The Kier molecular flexibility index (Phi) is 2.65. The maximum Gasteiger partial charge on any atom is 0.107 e. The van der Waals surface area contributed by atoms with Gasteiger partial charge in [0.15, 0.2) is 0 Å². The Bertz CT molecular complexity index is 391. The molecule has 0 bridgehead atoms. The highest BCUT2D eigenvalue weighted by Gasteiger charge is 2.09. The van der Waals surface area contributed by atoms with Crippen LogP contribution in [0.15, 0.2) is 24.5 Å². The second-order valence-electron chi connectivity index (χ2n) is 3.29. The van der Waals surface area contributed by atoms with Gasteiger partial charge in [-0.2, -0.15) is 0 Å². The first kappa shape index (κ1) is 9.43. The van der Waals surface area contributed by atoms with Gasteiger partial charge in [0.2, 0.25) is 0 Å². The summed E-state index contributed by atoms with van der Waals surface area (Å²) in [6, 6.07) is 4.25. The summed E-state index contributed by atoms with van der Waals surface area (Å²) in [5.41, 5.74) is 6.05. The van der Waals surface area contributed by atoms with Gasteiger partial charge in [-0.1, -0.05) is 0 Å². The number of nitrogens with two attached hydrogens (primary N) is 1. The Morgan fingerprint density at radius 2 is 2.43 bits per heavy atom. The van der Waals surface area contributed by atoms with Crippen LogP contribution < -0.4 is 5.73 Å². The normalized spacial score (nSPS) is 13.0. The third-order valence-electron chi connectivity index (χ3n) is 2.09. The largest absolute Gasteiger partial charge is 0.349 e. The number of nitrogens with one attached hydrogen (secondary N) is 1. The Morgan fingerprint density at radius 1 is 1.57 bits per heavy atom. The predicted octanol–water partition coefficient (Wildman–Crippen LogP) is 2.02. The summed E-state index contributed by atoms with van der Waals surface area (Å²) < 4.78 is 0. The standard InChI is InChI=1S/C10H13N3S/c1-7-2-3-9(14-7)8(11)6-10-12-4-5-13-10/h2-5,8H,6,11H2,1H3,(H,12,13). The SMILES string of the molecule is Cc1ccc(C(N)Cc2ncc[nH]2)s1. The second-order valence-corrected chi connectivity index (χ2v) is 4.61. The van der Waals surface area contributed by atoms with Crippen molar-refractivity contribution in [2.75, 3.05) is 0 Å². The van der Waals surface area contributed by atoms with Crippen molar-refractivity contribution < 1.29 is 0 Å². The summed E-state index contributed by atoms with van der Waals surface area (Å²) in [6.07, 6.45) is 4.34. The van der Waals surface area contributed by atoms with Crippen molar-refractivity contribution in [2.24, 2.45) is 5.73 Å². The third-order valence-corrected chi connectivity index (χ3v) is 3.23. The molecule has 0 aliphatic carbocycles. The fourth-order valence-electron chi connectivity index (χ4n) is 1.37. The number of H-pyrrole nitrogens is 1. The van der Waals surface area contributed by atoms with E-state index in [1.165, 1.54) is 9.75 Å². The fraction of sp³-hybridized carbons (Fsp3) is 0.300. The quantitative estimate of drug-likeness (QED) is 0.809. The molecule has 0 aliphatic heterocycles. The number of aryl methyl sites for hydroxylation is 1. The zero-order valence-electron chi connectivity index (χ0n) is 8.03. The first-order chi connectivity index (χ1) is 6.75. The first-order valence-corrected chi connectivity index (χ1v) is 5.37. The average Bonchev–Trinajstić information content (AvgIpc) is 2.75. The number of nitrogens with zero attached hydrogens (tertiary/aromatic N) is 1. The lowest BCUT2D eigenvalue weighted by molar-refractivity contribution is 0.707. The minimum absolute atomic E-state index is 0.0554. The minimum Gasteiger partial charge on any atom is -0.349 e. The van der Waals surface area contributed by atoms with E-state index >= 15 is 0 Å². The molecule has 3 N–H and O–H groups in total. The van der Waals surface area contributed by atoms with Crippen LogP contribution in [0.3, 0.4) is 0 Å². The number of hydrogen-bond donors (Lipinski definition) is 2. The maximum absolute atomic E-state index is 6.05. The van der Waals surface area contributed by atoms with Crippen LogP contribution in [-0.2, 0) is 6.42 Å². The second kappa shape index (κ2) is 3.94. The van der Waals surface area contributed by atoms with Gasteiger partial charge in [0.1, 0.15) is 5.82 Å². The molecule has 0 amide bonds. The average molecular weight is 207 g/mol. The third kappa shape index (κ3) is 2.02. The summed E-state index contributed by atoms with van der Waals surface area (Å²) in [6.45, 7) is 2.09. The highest BCUT2D eigenvalue weighted by Crippen LogP contribution is 2.22. The van der Waals surface area contributed by atoms with E-state index < -0.39 is 0 Å².